The maximum atomic E-state index is 10.6. The van der Waals surface area contributed by atoms with E-state index in [4.69, 9.17) is 9.47 Å². The van der Waals surface area contributed by atoms with Crippen molar-refractivity contribution in [3.8, 4) is 0 Å². The van der Waals surface area contributed by atoms with E-state index in [-0.39, 0.29) is 24.1 Å². The molecule has 14 heavy (non-hydrogen) atoms. The summed E-state index contributed by atoms with van der Waals surface area (Å²) in [5.41, 5.74) is 0. The van der Waals surface area contributed by atoms with Crippen LogP contribution in [0.15, 0.2) is 0 Å². The Hall–Kier alpha value is -1.06. The second-order valence-electron chi connectivity index (χ2n) is 3.42. The van der Waals surface area contributed by atoms with Crippen molar-refractivity contribution in [1.82, 2.24) is 0 Å². The summed E-state index contributed by atoms with van der Waals surface area (Å²) in [5.74, 6) is -0.560. The number of ether oxygens (including phenoxy) is 2. The number of carbonyl (C=O) groups excluding carboxylic acids is 2. The summed E-state index contributed by atoms with van der Waals surface area (Å²) in [7, 11) is 0. The summed E-state index contributed by atoms with van der Waals surface area (Å²) in [6.07, 6.45) is 1.17. The van der Waals surface area contributed by atoms with E-state index in [0.29, 0.717) is 12.8 Å². The summed E-state index contributed by atoms with van der Waals surface area (Å²) < 4.78 is 9.85. The maximum absolute atomic E-state index is 10.6. The molecule has 0 aliphatic heterocycles. The Balaban J connectivity index is 3.60. The average Bonchev–Trinajstić information content (AvgIpc) is 1.98. The van der Waals surface area contributed by atoms with Crippen molar-refractivity contribution in [3.63, 3.8) is 0 Å². The van der Waals surface area contributed by atoms with Crippen LogP contribution in [0.3, 0.4) is 0 Å². The van der Waals surface area contributed by atoms with Crippen molar-refractivity contribution < 1.29 is 19.1 Å². The molecule has 0 aromatic heterocycles. The fraction of sp³-hybridized carbons (Fsp3) is 0.800. The highest BCUT2D eigenvalue weighted by atomic mass is 16.5. The molecular weight excluding hydrogens is 184 g/mol. The lowest BCUT2D eigenvalue weighted by Crippen LogP contribution is -2.17. The molecule has 0 unspecified atom stereocenters. The second-order valence-corrected chi connectivity index (χ2v) is 3.42. The summed E-state index contributed by atoms with van der Waals surface area (Å²) >= 11 is 0. The van der Waals surface area contributed by atoms with Crippen molar-refractivity contribution in [3.05, 3.63) is 0 Å². The van der Waals surface area contributed by atoms with Gasteiger partial charge in [0, 0.05) is 13.8 Å². The molecular formula is C10H18O4. The monoisotopic (exact) mass is 202 g/mol. The molecule has 2 atom stereocenters. The quantitative estimate of drug-likeness (QED) is 0.636. The van der Waals surface area contributed by atoms with Crippen LogP contribution in [0.1, 0.15) is 40.5 Å². The fourth-order valence-corrected chi connectivity index (χ4v) is 1.15. The Kier molecular flexibility index (Phi) is 5.92. The number of esters is 2. The smallest absolute Gasteiger partial charge is 0.302 e. The van der Waals surface area contributed by atoms with Crippen molar-refractivity contribution in [2.75, 3.05) is 0 Å². The van der Waals surface area contributed by atoms with Gasteiger partial charge in [0.1, 0.15) is 0 Å². The molecule has 0 aromatic carbocycles. The van der Waals surface area contributed by atoms with E-state index in [0.717, 1.165) is 0 Å². The number of rotatable bonds is 5. The standard InChI is InChI=1S/C10H18O4/c1-7(13-9(3)11)5-6-8(2)14-10(4)12/h7-8H,5-6H2,1-4H3/t7-,8-/m0/s1. The number of hydrogen-bond donors (Lipinski definition) is 0. The molecule has 0 aromatic rings. The first-order valence-electron chi connectivity index (χ1n) is 4.76. The third-order valence-corrected chi connectivity index (χ3v) is 1.71. The third kappa shape index (κ3) is 7.58. The highest BCUT2D eigenvalue weighted by Crippen LogP contribution is 2.07. The summed E-state index contributed by atoms with van der Waals surface area (Å²) in [5, 5.41) is 0. The SMILES string of the molecule is CC(=O)O[C@@H](C)CC[C@H](C)OC(C)=O. The van der Waals surface area contributed by atoms with Gasteiger partial charge in [0.2, 0.25) is 0 Å². The van der Waals surface area contributed by atoms with Gasteiger partial charge in [-0.25, -0.2) is 0 Å². The van der Waals surface area contributed by atoms with Crippen LogP contribution in [0.4, 0.5) is 0 Å². The van der Waals surface area contributed by atoms with Crippen molar-refractivity contribution in [1.29, 1.82) is 0 Å². The molecule has 0 N–H and O–H groups in total. The molecule has 4 nitrogen and oxygen atoms in total. The highest BCUT2D eigenvalue weighted by Gasteiger charge is 2.10. The molecule has 0 saturated heterocycles. The first-order chi connectivity index (χ1) is 6.41. The first kappa shape index (κ1) is 12.9. The highest BCUT2D eigenvalue weighted by molar-refractivity contribution is 5.66. The van der Waals surface area contributed by atoms with Crippen molar-refractivity contribution in [2.24, 2.45) is 0 Å². The van der Waals surface area contributed by atoms with Crippen molar-refractivity contribution in [2.45, 2.75) is 52.7 Å². The normalized spacial score (nSPS) is 14.3. The Morgan fingerprint density at radius 2 is 1.21 bits per heavy atom. The predicted octanol–water partition coefficient (Wildman–Crippen LogP) is 1.67. The Morgan fingerprint density at radius 1 is 0.929 bits per heavy atom. The van der Waals surface area contributed by atoms with Crippen LogP contribution in [0.2, 0.25) is 0 Å². The van der Waals surface area contributed by atoms with Crippen LogP contribution >= 0.6 is 0 Å². The summed E-state index contributed by atoms with van der Waals surface area (Å²) in [4.78, 5) is 21.1. The molecule has 0 radical (unpaired) electrons. The molecule has 0 saturated carbocycles. The Morgan fingerprint density at radius 3 is 1.43 bits per heavy atom. The molecule has 0 heterocycles. The zero-order chi connectivity index (χ0) is 11.1. The lowest BCUT2D eigenvalue weighted by atomic mass is 10.1. The van der Waals surface area contributed by atoms with Gasteiger partial charge in [-0.05, 0) is 26.7 Å². The van der Waals surface area contributed by atoms with Crippen LogP contribution in [0.25, 0.3) is 0 Å². The van der Waals surface area contributed by atoms with E-state index in [1.54, 1.807) is 0 Å². The zero-order valence-electron chi connectivity index (χ0n) is 9.20. The van der Waals surface area contributed by atoms with Gasteiger partial charge in [-0.2, -0.15) is 0 Å². The van der Waals surface area contributed by atoms with E-state index in [1.807, 2.05) is 13.8 Å². The van der Waals surface area contributed by atoms with E-state index in [9.17, 15) is 9.59 Å². The maximum Gasteiger partial charge on any atom is 0.302 e. The number of carbonyl (C=O) groups is 2. The predicted molar refractivity (Wildman–Crippen MR) is 51.7 cm³/mol. The van der Waals surface area contributed by atoms with Crippen molar-refractivity contribution >= 4 is 11.9 Å². The van der Waals surface area contributed by atoms with Gasteiger partial charge in [0.05, 0.1) is 12.2 Å². The molecule has 0 aliphatic carbocycles. The lowest BCUT2D eigenvalue weighted by Gasteiger charge is -2.15. The van der Waals surface area contributed by atoms with Crippen LogP contribution < -0.4 is 0 Å². The molecule has 0 rings (SSSR count). The summed E-state index contributed by atoms with van der Waals surface area (Å²) in [6, 6.07) is 0. The molecule has 0 aliphatic rings. The minimum atomic E-state index is -0.280. The third-order valence-electron chi connectivity index (χ3n) is 1.71. The van der Waals surface area contributed by atoms with Crippen LogP contribution in [0.5, 0.6) is 0 Å². The molecule has 82 valence electrons. The molecule has 0 bridgehead atoms. The van der Waals surface area contributed by atoms with E-state index in [1.165, 1.54) is 13.8 Å². The largest absolute Gasteiger partial charge is 0.463 e. The van der Waals surface area contributed by atoms with Gasteiger partial charge in [-0.1, -0.05) is 0 Å². The molecule has 0 spiro atoms. The van der Waals surface area contributed by atoms with Crippen LogP contribution in [-0.4, -0.2) is 24.1 Å². The Bertz CT molecular complexity index is 178. The summed E-state index contributed by atoms with van der Waals surface area (Å²) in [6.45, 7) is 6.40. The van der Waals surface area contributed by atoms with Crippen LogP contribution in [-0.2, 0) is 19.1 Å². The van der Waals surface area contributed by atoms with Gasteiger partial charge in [0.25, 0.3) is 0 Å². The average molecular weight is 202 g/mol. The zero-order valence-corrected chi connectivity index (χ0v) is 9.20. The first-order valence-corrected chi connectivity index (χ1v) is 4.76. The molecule has 0 fully saturated rings. The van der Waals surface area contributed by atoms with Gasteiger partial charge >= 0.3 is 11.9 Å². The topological polar surface area (TPSA) is 52.6 Å². The van der Waals surface area contributed by atoms with Crippen LogP contribution in [0, 0.1) is 0 Å². The Labute approximate surface area is 84.6 Å². The minimum absolute atomic E-state index is 0.120. The van der Waals surface area contributed by atoms with Gasteiger partial charge in [-0.3, -0.25) is 9.59 Å². The van der Waals surface area contributed by atoms with E-state index < -0.39 is 0 Å². The fourth-order valence-electron chi connectivity index (χ4n) is 1.15. The van der Waals surface area contributed by atoms with Gasteiger partial charge in [-0.15, -0.1) is 0 Å². The van der Waals surface area contributed by atoms with Gasteiger partial charge in [0.15, 0.2) is 0 Å². The molecule has 4 heteroatoms. The minimum Gasteiger partial charge on any atom is -0.463 e. The van der Waals surface area contributed by atoms with E-state index in [2.05, 4.69) is 0 Å². The molecule has 0 amide bonds. The van der Waals surface area contributed by atoms with E-state index >= 15 is 0 Å². The lowest BCUT2D eigenvalue weighted by molar-refractivity contribution is -0.149. The second kappa shape index (κ2) is 6.40. The number of hydrogen-bond acceptors (Lipinski definition) is 4. The van der Waals surface area contributed by atoms with Gasteiger partial charge < -0.3 is 9.47 Å².